The monoisotopic (exact) mass is 399 g/mol. The Morgan fingerprint density at radius 3 is 2.62 bits per heavy atom. The second kappa shape index (κ2) is 6.42. The van der Waals surface area contributed by atoms with Gasteiger partial charge in [0.15, 0.2) is 0 Å². The van der Waals surface area contributed by atoms with Crippen molar-refractivity contribution in [2.45, 2.75) is 13.5 Å². The molecule has 3 N–H and O–H groups in total. The molecule has 0 atom stereocenters. The highest BCUT2D eigenvalue weighted by atomic mass is 79.9. The van der Waals surface area contributed by atoms with Crippen LogP contribution in [0.2, 0.25) is 0 Å². The van der Waals surface area contributed by atoms with Crippen LogP contribution in [-0.2, 0) is 6.54 Å². The van der Waals surface area contributed by atoms with Gasteiger partial charge in [0.25, 0.3) is 0 Å². The van der Waals surface area contributed by atoms with Crippen molar-refractivity contribution < 1.29 is 0 Å². The van der Waals surface area contributed by atoms with Crippen LogP contribution < -0.4 is 11.1 Å². The van der Waals surface area contributed by atoms with Gasteiger partial charge in [-0.3, -0.25) is 0 Å². The predicted octanol–water partition coefficient (Wildman–Crippen LogP) is 5.13. The fourth-order valence-electron chi connectivity index (χ4n) is 3.25. The minimum Gasteiger partial charge on any atom is -0.399 e. The summed E-state index contributed by atoms with van der Waals surface area (Å²) in [6.07, 6.45) is 0. The number of thiophene rings is 1. The molecule has 2 heterocycles. The van der Waals surface area contributed by atoms with Gasteiger partial charge in [0.2, 0.25) is 0 Å². The lowest BCUT2D eigenvalue weighted by Gasteiger charge is -2.22. The third kappa shape index (κ3) is 2.54. The van der Waals surface area contributed by atoms with Crippen molar-refractivity contribution in [1.82, 2.24) is 4.57 Å². The summed E-state index contributed by atoms with van der Waals surface area (Å²) in [7, 11) is 0. The van der Waals surface area contributed by atoms with Crippen LogP contribution in [0.5, 0.6) is 0 Å². The molecule has 0 saturated carbocycles. The average molecular weight is 400 g/mol. The smallest absolute Gasteiger partial charge is 0.0666 e. The number of aromatic nitrogens is 1. The lowest BCUT2D eigenvalue weighted by Crippen LogP contribution is -2.10. The first-order valence-corrected chi connectivity index (χ1v) is 8.51. The number of rotatable bonds is 2. The molecule has 1 aromatic heterocycles. The zero-order chi connectivity index (χ0) is 16.0. The van der Waals surface area contributed by atoms with Gasteiger partial charge in [-0.05, 0) is 48.0 Å². The molecule has 0 fully saturated rings. The third-order valence-corrected chi connectivity index (χ3v) is 5.09. The quantitative estimate of drug-likeness (QED) is 0.356. The highest BCUT2D eigenvalue weighted by Gasteiger charge is 2.18. The molecule has 0 bridgehead atoms. The van der Waals surface area contributed by atoms with E-state index in [9.17, 15) is 0 Å². The summed E-state index contributed by atoms with van der Waals surface area (Å²) >= 11 is 1.73. The number of anilines is 1. The van der Waals surface area contributed by atoms with Gasteiger partial charge in [-0.25, -0.2) is 0 Å². The van der Waals surface area contributed by atoms with E-state index >= 15 is 0 Å². The van der Waals surface area contributed by atoms with Crippen LogP contribution in [0.25, 0.3) is 32.6 Å². The fourth-order valence-corrected chi connectivity index (χ4v) is 4.04. The van der Waals surface area contributed by atoms with Gasteiger partial charge in [0, 0.05) is 23.2 Å². The Hall–Kier alpha value is -2.11. The zero-order valence-electron chi connectivity index (χ0n) is 13.2. The molecule has 0 unspecified atom stereocenters. The van der Waals surface area contributed by atoms with E-state index in [4.69, 9.17) is 11.1 Å². The molecule has 2 aromatic rings. The minimum atomic E-state index is 0. The Balaban J connectivity index is 0.00000169. The van der Waals surface area contributed by atoms with Gasteiger partial charge in [0.1, 0.15) is 0 Å². The number of hydrogen-bond acceptors (Lipinski definition) is 3. The normalized spacial score (nSPS) is 10.9. The van der Waals surface area contributed by atoms with Crippen LogP contribution in [0.3, 0.4) is 0 Å². The molecule has 1 aromatic carbocycles. The summed E-state index contributed by atoms with van der Waals surface area (Å²) in [5.74, 6) is 0. The first-order valence-electron chi connectivity index (χ1n) is 7.63. The molecule has 1 aliphatic heterocycles. The van der Waals surface area contributed by atoms with Crippen LogP contribution in [0.1, 0.15) is 6.92 Å². The first kappa shape index (κ1) is 16.7. The number of nitrogens with two attached hydrogens (primary N) is 1. The van der Waals surface area contributed by atoms with Crippen LogP contribution in [-0.4, -0.2) is 4.57 Å². The van der Waals surface area contributed by atoms with Gasteiger partial charge in [-0.15, -0.1) is 28.3 Å². The molecule has 2 aliphatic rings. The molecule has 24 heavy (non-hydrogen) atoms. The summed E-state index contributed by atoms with van der Waals surface area (Å²) in [4.78, 5) is 1.22. The van der Waals surface area contributed by atoms with Crippen LogP contribution in [0.15, 0.2) is 53.9 Å². The fraction of sp³-hybridized carbons (Fsp3) is 0.105. The Labute approximate surface area is 155 Å². The standard InChI is InChI=1S/C19H17N3S.BrH/c1-2-22-17-11-13(21)6-8-15(17)14-7-5-12(20)10-16(14)19(22)18-4-3-9-23-18;/h3-11,21H,2,20H2,1H3;1H. The van der Waals surface area contributed by atoms with Crippen LogP contribution in [0, 0.1) is 5.41 Å². The van der Waals surface area contributed by atoms with Gasteiger partial charge in [-0.2, -0.15) is 0 Å². The number of nitrogens with one attached hydrogen (secondary N) is 1. The number of benzene rings is 2. The highest BCUT2D eigenvalue weighted by Crippen LogP contribution is 2.40. The lowest BCUT2D eigenvalue weighted by atomic mass is 9.97. The van der Waals surface area contributed by atoms with E-state index in [2.05, 4.69) is 41.1 Å². The Kier molecular flexibility index (Phi) is 4.47. The number of pyridine rings is 1. The van der Waals surface area contributed by atoms with Crippen molar-refractivity contribution in [1.29, 1.82) is 5.41 Å². The van der Waals surface area contributed by atoms with Gasteiger partial charge in [0.05, 0.1) is 21.6 Å². The van der Waals surface area contributed by atoms with Crippen LogP contribution in [0.4, 0.5) is 5.69 Å². The second-order valence-corrected chi connectivity index (χ2v) is 6.55. The summed E-state index contributed by atoms with van der Waals surface area (Å²) in [5.41, 5.74) is 10.3. The molecule has 5 heteroatoms. The molecule has 4 rings (SSSR count). The van der Waals surface area contributed by atoms with Gasteiger partial charge < -0.3 is 15.7 Å². The number of nitrogen functional groups attached to an aromatic ring is 1. The maximum atomic E-state index is 8.01. The van der Waals surface area contributed by atoms with Crippen LogP contribution >= 0.6 is 28.3 Å². The van der Waals surface area contributed by atoms with Crippen molar-refractivity contribution in [3.8, 4) is 21.8 Å². The second-order valence-electron chi connectivity index (χ2n) is 5.61. The Morgan fingerprint density at radius 1 is 1.08 bits per heavy atom. The molecule has 0 spiro atoms. The Bertz CT molecular complexity index is 1030. The molecule has 0 amide bonds. The number of hydrogen-bond donors (Lipinski definition) is 2. The number of halogens is 1. The molecule has 0 radical (unpaired) electrons. The van der Waals surface area contributed by atoms with Crippen molar-refractivity contribution in [2.24, 2.45) is 0 Å². The summed E-state index contributed by atoms with van der Waals surface area (Å²) < 4.78 is 2.29. The van der Waals surface area contributed by atoms with Crippen molar-refractivity contribution in [3.05, 3.63) is 59.3 Å². The Morgan fingerprint density at radius 2 is 1.92 bits per heavy atom. The van der Waals surface area contributed by atoms with E-state index in [0.29, 0.717) is 5.36 Å². The molecule has 122 valence electrons. The number of fused-ring (bicyclic) bond motifs is 3. The SMILES string of the molecule is Br.CCn1c2cc(=N)ccc-2c2ccc(N)cc2c1-c1cccs1. The largest absolute Gasteiger partial charge is 0.399 e. The van der Waals surface area contributed by atoms with E-state index in [1.165, 1.54) is 21.3 Å². The summed E-state index contributed by atoms with van der Waals surface area (Å²) in [6.45, 7) is 2.99. The highest BCUT2D eigenvalue weighted by molar-refractivity contribution is 8.93. The van der Waals surface area contributed by atoms with Gasteiger partial charge >= 0.3 is 0 Å². The molecular formula is C19H18BrN3S. The molecule has 1 aliphatic carbocycles. The van der Waals surface area contributed by atoms with E-state index in [1.54, 1.807) is 11.3 Å². The maximum Gasteiger partial charge on any atom is 0.0666 e. The summed E-state index contributed by atoms with van der Waals surface area (Å²) in [5, 5.41) is 13.0. The average Bonchev–Trinajstić information content (AvgIpc) is 3.07. The van der Waals surface area contributed by atoms with E-state index in [0.717, 1.165) is 23.5 Å². The van der Waals surface area contributed by atoms with E-state index in [1.807, 2.05) is 24.3 Å². The molecule has 0 saturated heterocycles. The third-order valence-electron chi connectivity index (χ3n) is 4.22. The topological polar surface area (TPSA) is 54.8 Å². The minimum absolute atomic E-state index is 0. The zero-order valence-corrected chi connectivity index (χ0v) is 15.8. The van der Waals surface area contributed by atoms with E-state index < -0.39 is 0 Å². The van der Waals surface area contributed by atoms with E-state index in [-0.39, 0.29) is 17.0 Å². The maximum absolute atomic E-state index is 8.01. The van der Waals surface area contributed by atoms with Crippen molar-refractivity contribution >= 4 is 44.8 Å². The first-order chi connectivity index (χ1) is 11.2. The van der Waals surface area contributed by atoms with Crippen molar-refractivity contribution in [2.75, 3.05) is 5.73 Å². The molecular weight excluding hydrogens is 382 g/mol. The van der Waals surface area contributed by atoms with Crippen molar-refractivity contribution in [3.63, 3.8) is 0 Å². The molecule has 3 nitrogen and oxygen atoms in total. The number of nitrogens with zero attached hydrogens (tertiary/aromatic N) is 1. The van der Waals surface area contributed by atoms with Gasteiger partial charge in [-0.1, -0.05) is 18.2 Å². The lowest BCUT2D eigenvalue weighted by molar-refractivity contribution is 0.777. The predicted molar refractivity (Wildman–Crippen MR) is 108 cm³/mol. The summed E-state index contributed by atoms with van der Waals surface area (Å²) in [6, 6.07) is 16.2.